The molecule has 0 unspecified atom stereocenters. The predicted molar refractivity (Wildman–Crippen MR) is 99.7 cm³/mol. The van der Waals surface area contributed by atoms with Gasteiger partial charge in [-0.3, -0.25) is 10.1 Å². The molecule has 0 fully saturated rings. The van der Waals surface area contributed by atoms with Crippen molar-refractivity contribution in [2.45, 2.75) is 6.54 Å². The van der Waals surface area contributed by atoms with Crippen molar-refractivity contribution < 1.29 is 23.9 Å². The number of nitro groups is 1. The first-order valence-corrected chi connectivity index (χ1v) is 7.95. The van der Waals surface area contributed by atoms with Crippen molar-refractivity contribution in [1.82, 2.24) is 4.90 Å². The fourth-order valence-corrected chi connectivity index (χ4v) is 2.53. The van der Waals surface area contributed by atoms with Crippen LogP contribution in [0, 0.1) is 10.1 Å². The molecular weight excluding hydrogens is 354 g/mol. The first-order chi connectivity index (χ1) is 12.9. The Morgan fingerprint density at radius 1 is 1.11 bits per heavy atom. The summed E-state index contributed by atoms with van der Waals surface area (Å²) in [6, 6.07) is 8.81. The number of amides is 2. The van der Waals surface area contributed by atoms with E-state index in [0.29, 0.717) is 28.5 Å². The van der Waals surface area contributed by atoms with Crippen molar-refractivity contribution in [2.75, 3.05) is 33.7 Å². The Morgan fingerprint density at radius 2 is 1.81 bits per heavy atom. The number of urea groups is 1. The molecule has 0 aliphatic heterocycles. The number of nitrogens with one attached hydrogen (secondary N) is 1. The van der Waals surface area contributed by atoms with Gasteiger partial charge in [0.25, 0.3) is 5.69 Å². The van der Waals surface area contributed by atoms with Crippen molar-refractivity contribution in [3.8, 4) is 17.2 Å². The third kappa shape index (κ3) is 4.57. The van der Waals surface area contributed by atoms with E-state index in [1.807, 2.05) is 0 Å². The molecule has 2 amide bonds. The van der Waals surface area contributed by atoms with Gasteiger partial charge in [-0.05, 0) is 18.2 Å². The van der Waals surface area contributed by atoms with Gasteiger partial charge in [0.15, 0.2) is 11.5 Å². The van der Waals surface area contributed by atoms with Crippen molar-refractivity contribution in [2.24, 2.45) is 0 Å². The number of methoxy groups -OCH3 is 3. The Kier molecular flexibility index (Phi) is 6.42. The maximum absolute atomic E-state index is 12.4. The Bertz CT molecular complexity index is 840. The fraction of sp³-hybridized carbons (Fsp3) is 0.278. The quantitative estimate of drug-likeness (QED) is 0.588. The lowest BCUT2D eigenvalue weighted by Gasteiger charge is -2.21. The van der Waals surface area contributed by atoms with Crippen LogP contribution in [-0.4, -0.2) is 44.2 Å². The van der Waals surface area contributed by atoms with Gasteiger partial charge in [0, 0.05) is 30.4 Å². The largest absolute Gasteiger partial charge is 0.493 e. The van der Waals surface area contributed by atoms with Crippen LogP contribution in [0.1, 0.15) is 5.56 Å². The third-order valence-corrected chi connectivity index (χ3v) is 3.85. The monoisotopic (exact) mass is 375 g/mol. The van der Waals surface area contributed by atoms with E-state index in [9.17, 15) is 14.9 Å². The van der Waals surface area contributed by atoms with Crippen LogP contribution in [0.4, 0.5) is 16.2 Å². The van der Waals surface area contributed by atoms with Crippen LogP contribution in [0.5, 0.6) is 17.2 Å². The first-order valence-electron chi connectivity index (χ1n) is 7.95. The van der Waals surface area contributed by atoms with E-state index in [-0.39, 0.29) is 12.2 Å². The number of rotatable bonds is 7. The van der Waals surface area contributed by atoms with Gasteiger partial charge < -0.3 is 24.4 Å². The highest BCUT2D eigenvalue weighted by Gasteiger charge is 2.19. The van der Waals surface area contributed by atoms with Crippen LogP contribution >= 0.6 is 0 Å². The van der Waals surface area contributed by atoms with E-state index in [1.165, 1.54) is 44.4 Å². The van der Waals surface area contributed by atoms with E-state index in [0.717, 1.165) is 0 Å². The molecule has 0 atom stereocenters. The molecule has 0 heterocycles. The maximum Gasteiger partial charge on any atom is 0.321 e. The number of non-ortho nitro benzene ring substituents is 1. The highest BCUT2D eigenvalue weighted by atomic mass is 16.6. The van der Waals surface area contributed by atoms with E-state index in [4.69, 9.17) is 14.2 Å². The molecule has 2 aromatic carbocycles. The number of hydrogen-bond donors (Lipinski definition) is 1. The fourth-order valence-electron chi connectivity index (χ4n) is 2.53. The molecule has 2 rings (SSSR count). The molecule has 0 saturated heterocycles. The molecule has 0 bridgehead atoms. The van der Waals surface area contributed by atoms with Crippen LogP contribution in [-0.2, 0) is 6.54 Å². The zero-order valence-electron chi connectivity index (χ0n) is 15.5. The van der Waals surface area contributed by atoms with Crippen molar-refractivity contribution in [3.63, 3.8) is 0 Å². The number of nitro benzene ring substituents is 1. The van der Waals surface area contributed by atoms with Crippen LogP contribution in [0.15, 0.2) is 36.4 Å². The lowest BCUT2D eigenvalue weighted by atomic mass is 10.1. The zero-order chi connectivity index (χ0) is 20.0. The smallest absolute Gasteiger partial charge is 0.321 e. The molecule has 0 aliphatic rings. The van der Waals surface area contributed by atoms with Crippen molar-refractivity contribution in [1.29, 1.82) is 0 Å². The van der Waals surface area contributed by atoms with Crippen LogP contribution in [0.2, 0.25) is 0 Å². The maximum atomic E-state index is 12.4. The molecule has 1 N–H and O–H groups in total. The Labute approximate surface area is 156 Å². The summed E-state index contributed by atoms with van der Waals surface area (Å²) < 4.78 is 16.0. The average molecular weight is 375 g/mol. The summed E-state index contributed by atoms with van der Waals surface area (Å²) in [6.45, 7) is 0.226. The molecule has 27 heavy (non-hydrogen) atoms. The molecular formula is C18H21N3O6. The number of hydrogen-bond acceptors (Lipinski definition) is 6. The normalized spacial score (nSPS) is 10.1. The van der Waals surface area contributed by atoms with Crippen LogP contribution in [0.25, 0.3) is 0 Å². The van der Waals surface area contributed by atoms with Gasteiger partial charge in [-0.15, -0.1) is 0 Å². The van der Waals surface area contributed by atoms with Gasteiger partial charge in [0.05, 0.1) is 32.8 Å². The number of carbonyl (C=O) groups is 1. The van der Waals surface area contributed by atoms with Crippen molar-refractivity contribution in [3.05, 3.63) is 52.1 Å². The molecule has 0 aliphatic carbocycles. The second-order valence-corrected chi connectivity index (χ2v) is 5.59. The number of carbonyl (C=O) groups excluding carboxylic acids is 1. The van der Waals surface area contributed by atoms with E-state index < -0.39 is 11.0 Å². The summed E-state index contributed by atoms with van der Waals surface area (Å²) in [5.74, 6) is 1.42. The summed E-state index contributed by atoms with van der Waals surface area (Å²) in [5.41, 5.74) is 0.948. The van der Waals surface area contributed by atoms with Gasteiger partial charge >= 0.3 is 6.03 Å². The van der Waals surface area contributed by atoms with Gasteiger partial charge in [-0.2, -0.15) is 0 Å². The summed E-state index contributed by atoms with van der Waals surface area (Å²) >= 11 is 0. The summed E-state index contributed by atoms with van der Waals surface area (Å²) in [5, 5.41) is 13.5. The minimum atomic E-state index is -0.520. The van der Waals surface area contributed by atoms with Crippen LogP contribution < -0.4 is 19.5 Å². The molecule has 2 aromatic rings. The summed E-state index contributed by atoms with van der Waals surface area (Å²) in [6.07, 6.45) is 0. The van der Waals surface area contributed by atoms with Gasteiger partial charge in [-0.25, -0.2) is 4.79 Å². The SMILES string of the molecule is COc1ccc(CN(C)C(=O)Nc2cccc([N+](=O)[O-])c2)c(OC)c1OC. The van der Waals surface area contributed by atoms with Gasteiger partial charge in [0.1, 0.15) is 0 Å². The zero-order valence-corrected chi connectivity index (χ0v) is 15.5. The van der Waals surface area contributed by atoms with Crippen LogP contribution in [0.3, 0.4) is 0 Å². The molecule has 0 aromatic heterocycles. The highest BCUT2D eigenvalue weighted by molar-refractivity contribution is 5.89. The van der Waals surface area contributed by atoms with E-state index in [1.54, 1.807) is 25.2 Å². The minimum absolute atomic E-state index is 0.1000. The second-order valence-electron chi connectivity index (χ2n) is 5.59. The molecule has 9 nitrogen and oxygen atoms in total. The van der Waals surface area contributed by atoms with Gasteiger partial charge in [-0.1, -0.05) is 6.07 Å². The molecule has 0 saturated carbocycles. The summed E-state index contributed by atoms with van der Waals surface area (Å²) in [7, 11) is 6.13. The lowest BCUT2D eigenvalue weighted by Crippen LogP contribution is -2.31. The van der Waals surface area contributed by atoms with Crippen molar-refractivity contribution >= 4 is 17.4 Å². The van der Waals surface area contributed by atoms with E-state index >= 15 is 0 Å². The predicted octanol–water partition coefficient (Wildman–Crippen LogP) is 3.28. The topological polar surface area (TPSA) is 103 Å². The number of benzene rings is 2. The Balaban J connectivity index is 2.17. The Hall–Kier alpha value is -3.49. The summed E-state index contributed by atoms with van der Waals surface area (Å²) in [4.78, 5) is 24.2. The van der Waals surface area contributed by atoms with Gasteiger partial charge in [0.2, 0.25) is 5.75 Å². The number of nitrogens with zero attached hydrogens (tertiary/aromatic N) is 2. The second kappa shape index (κ2) is 8.75. The minimum Gasteiger partial charge on any atom is -0.493 e. The molecule has 9 heteroatoms. The standard InChI is InChI=1S/C18H21N3O6/c1-20(18(22)19-13-6-5-7-14(10-13)21(23)24)11-12-8-9-15(25-2)17(27-4)16(12)26-3/h5-10H,11H2,1-4H3,(H,19,22). The Morgan fingerprint density at radius 3 is 2.41 bits per heavy atom. The third-order valence-electron chi connectivity index (χ3n) is 3.85. The average Bonchev–Trinajstić information content (AvgIpc) is 2.67. The first kappa shape index (κ1) is 19.8. The molecule has 144 valence electrons. The van der Waals surface area contributed by atoms with E-state index in [2.05, 4.69) is 5.32 Å². The lowest BCUT2D eigenvalue weighted by molar-refractivity contribution is -0.384. The number of anilines is 1. The molecule has 0 spiro atoms. The molecule has 0 radical (unpaired) electrons. The highest BCUT2D eigenvalue weighted by Crippen LogP contribution is 2.40. The number of ether oxygens (including phenoxy) is 3.